The summed E-state index contributed by atoms with van der Waals surface area (Å²) in [5.41, 5.74) is -4.41. The van der Waals surface area contributed by atoms with Gasteiger partial charge in [0.15, 0.2) is 17.3 Å². The predicted molar refractivity (Wildman–Crippen MR) is 101 cm³/mol. The molecule has 0 unspecified atom stereocenters. The van der Waals surface area contributed by atoms with Crippen molar-refractivity contribution in [3.8, 4) is 17.3 Å². The number of nitrogens with zero attached hydrogens (tertiary/aromatic N) is 7. The molecule has 0 amide bonds. The quantitative estimate of drug-likeness (QED) is 0.525. The van der Waals surface area contributed by atoms with Gasteiger partial charge in [-0.15, -0.1) is 15.3 Å². The number of rotatable bonds is 6. The van der Waals surface area contributed by atoms with Crippen LogP contribution in [-0.4, -0.2) is 39.7 Å². The fourth-order valence-electron chi connectivity index (χ4n) is 2.68. The van der Waals surface area contributed by atoms with Crippen LogP contribution in [0.4, 0.5) is 4.39 Å². The molecule has 4 aromatic rings. The minimum absolute atomic E-state index is 0.0120. The van der Waals surface area contributed by atoms with Gasteiger partial charge in [-0.25, -0.2) is 14.1 Å². The first-order valence-electron chi connectivity index (χ1n) is 12.3. The Balaban J connectivity index is 1.93. The minimum Gasteiger partial charge on any atom is -0.468 e. The molecule has 4 rings (SSSR count). The lowest BCUT2D eigenvalue weighted by Crippen LogP contribution is -2.20. The van der Waals surface area contributed by atoms with Crippen molar-refractivity contribution >= 4 is 5.65 Å². The van der Waals surface area contributed by atoms with Gasteiger partial charge in [0.1, 0.15) is 18.8 Å². The van der Waals surface area contributed by atoms with E-state index in [4.69, 9.17) is 15.7 Å². The molecular weight excluding hydrogens is 377 g/mol. The second-order valence-corrected chi connectivity index (χ2v) is 5.95. The molecule has 0 aliphatic carbocycles. The highest BCUT2D eigenvalue weighted by Crippen LogP contribution is 2.31. The van der Waals surface area contributed by atoms with E-state index in [0.717, 1.165) is 21.6 Å². The molecule has 0 saturated heterocycles. The van der Waals surface area contributed by atoms with Crippen molar-refractivity contribution in [3.63, 3.8) is 0 Å². The Hall–Kier alpha value is -3.40. The second kappa shape index (κ2) is 7.21. The van der Waals surface area contributed by atoms with Crippen LogP contribution in [0.5, 0.6) is 5.88 Å². The summed E-state index contributed by atoms with van der Waals surface area (Å²) in [5.74, 6) is -1.48. The highest BCUT2D eigenvalue weighted by molar-refractivity contribution is 5.60. The van der Waals surface area contributed by atoms with Gasteiger partial charge in [-0.05, 0) is 38.8 Å². The summed E-state index contributed by atoms with van der Waals surface area (Å²) >= 11 is 0. The van der Waals surface area contributed by atoms with Crippen molar-refractivity contribution in [1.82, 2.24) is 34.6 Å². The summed E-state index contributed by atoms with van der Waals surface area (Å²) < 4.78 is 84.6. The maximum Gasteiger partial charge on any atom is 0.238 e. The Morgan fingerprint density at radius 3 is 2.90 bits per heavy atom. The maximum absolute atomic E-state index is 14.5. The van der Waals surface area contributed by atoms with Crippen LogP contribution in [0.15, 0.2) is 36.7 Å². The van der Waals surface area contributed by atoms with Gasteiger partial charge in [0.05, 0.1) is 19.5 Å². The molecule has 0 saturated carbocycles. The van der Waals surface area contributed by atoms with Crippen molar-refractivity contribution in [2.24, 2.45) is 0 Å². The molecule has 0 radical (unpaired) electrons. The molecule has 9 nitrogen and oxygen atoms in total. The highest BCUT2D eigenvalue weighted by Gasteiger charge is 2.26. The molecule has 1 aromatic carbocycles. The number of ether oxygens (including phenoxy) is 1. The van der Waals surface area contributed by atoms with Crippen LogP contribution >= 0.6 is 0 Å². The van der Waals surface area contributed by atoms with E-state index >= 15 is 0 Å². The van der Waals surface area contributed by atoms with E-state index in [2.05, 4.69) is 25.4 Å². The zero-order valence-electron chi connectivity index (χ0n) is 23.0. The standard InChI is InChI=1S/C19H20FN7O2/c1-4-26-16(21-11-22-26)10-29-18-13(19(2,3)28)9-15-23-24-17(27(15)25-18)12-7-5-6-8-14(12)20/h5-9,11,28H,4,10H2,1-3H3/i2D3,3D3,4D2. The minimum atomic E-state index is -3.48. The van der Waals surface area contributed by atoms with E-state index in [1.54, 1.807) is 6.07 Å². The number of hydrogen-bond acceptors (Lipinski definition) is 7. The molecule has 150 valence electrons. The molecule has 0 aliphatic rings. The Labute approximate surface area is 177 Å². The first-order valence-corrected chi connectivity index (χ1v) is 8.32. The third-order valence-corrected chi connectivity index (χ3v) is 4.03. The molecule has 0 atom stereocenters. The van der Waals surface area contributed by atoms with Crippen molar-refractivity contribution < 1.29 is 25.2 Å². The number of aliphatic hydroxyl groups is 1. The fraction of sp³-hybridized carbons (Fsp3) is 0.316. The topological polar surface area (TPSA) is 103 Å². The van der Waals surface area contributed by atoms with E-state index < -0.39 is 49.7 Å². The molecule has 3 heterocycles. The lowest BCUT2D eigenvalue weighted by molar-refractivity contribution is 0.0729. The van der Waals surface area contributed by atoms with Gasteiger partial charge in [-0.3, -0.25) is 0 Å². The first kappa shape index (κ1) is 11.6. The number of halogens is 1. The van der Waals surface area contributed by atoms with Crippen LogP contribution < -0.4 is 4.74 Å². The van der Waals surface area contributed by atoms with Crippen LogP contribution in [-0.2, 0) is 18.7 Å². The Morgan fingerprint density at radius 2 is 2.14 bits per heavy atom. The number of aryl methyl sites for hydroxylation is 1. The maximum atomic E-state index is 14.5. The van der Waals surface area contributed by atoms with Gasteiger partial charge < -0.3 is 9.84 Å². The Morgan fingerprint density at radius 1 is 1.31 bits per heavy atom. The van der Waals surface area contributed by atoms with Gasteiger partial charge in [0.2, 0.25) is 5.88 Å². The van der Waals surface area contributed by atoms with Crippen molar-refractivity contribution in [1.29, 1.82) is 0 Å². The Bertz CT molecular complexity index is 1430. The molecule has 10 heteroatoms. The van der Waals surface area contributed by atoms with E-state index in [0.29, 0.717) is 0 Å². The molecular formula is C19H20FN7O2. The number of benzene rings is 1. The Kier molecular flexibility index (Phi) is 2.87. The van der Waals surface area contributed by atoms with Crippen molar-refractivity contribution in [2.75, 3.05) is 0 Å². The summed E-state index contributed by atoms with van der Waals surface area (Å²) in [5, 5.41) is 26.8. The SMILES string of the molecule is [2H]C([2H])(C)n1ncnc1COc1nn2c(-c3ccccc3F)nnc2cc1C(O)(C([2H])([2H])[2H])C([2H])([2H])[2H]. The lowest BCUT2D eigenvalue weighted by Gasteiger charge is -2.20. The lowest BCUT2D eigenvalue weighted by atomic mass is 10.0. The average molecular weight is 405 g/mol. The summed E-state index contributed by atoms with van der Waals surface area (Å²) in [6, 6.07) is 6.50. The largest absolute Gasteiger partial charge is 0.468 e. The van der Waals surface area contributed by atoms with Crippen LogP contribution in [0, 0.1) is 5.82 Å². The van der Waals surface area contributed by atoms with Crippen LogP contribution in [0.25, 0.3) is 17.0 Å². The molecule has 29 heavy (non-hydrogen) atoms. The third-order valence-electron chi connectivity index (χ3n) is 4.03. The van der Waals surface area contributed by atoms with Gasteiger partial charge in [-0.1, -0.05) is 12.1 Å². The predicted octanol–water partition coefficient (Wildman–Crippen LogP) is 2.35. The molecule has 0 spiro atoms. The van der Waals surface area contributed by atoms with Crippen LogP contribution in [0.2, 0.25) is 0 Å². The molecule has 0 bridgehead atoms. The monoisotopic (exact) mass is 405 g/mol. The van der Waals surface area contributed by atoms with Gasteiger partial charge in [-0.2, -0.15) is 9.61 Å². The number of fused-ring (bicyclic) bond motifs is 1. The van der Waals surface area contributed by atoms with Gasteiger partial charge >= 0.3 is 0 Å². The first-order chi connectivity index (χ1) is 17.1. The molecule has 0 fully saturated rings. The summed E-state index contributed by atoms with van der Waals surface area (Å²) in [6.45, 7) is -8.29. The van der Waals surface area contributed by atoms with Crippen molar-refractivity contribution in [2.45, 2.75) is 39.3 Å². The summed E-state index contributed by atoms with van der Waals surface area (Å²) in [7, 11) is 0. The van der Waals surface area contributed by atoms with Crippen LogP contribution in [0.3, 0.4) is 0 Å². The zero-order chi connectivity index (χ0) is 27.4. The van der Waals surface area contributed by atoms with E-state index in [1.165, 1.54) is 25.1 Å². The van der Waals surface area contributed by atoms with Gasteiger partial charge in [0, 0.05) is 14.7 Å². The normalized spacial score (nSPS) is 17.3. The van der Waals surface area contributed by atoms with Crippen LogP contribution in [0.1, 0.15) is 43.0 Å². The third kappa shape index (κ3) is 3.54. The van der Waals surface area contributed by atoms with Gasteiger partial charge in [0.25, 0.3) is 0 Å². The molecule has 3 aromatic heterocycles. The molecule has 1 N–H and O–H groups in total. The molecule has 0 aliphatic heterocycles. The summed E-state index contributed by atoms with van der Waals surface area (Å²) in [6.07, 6.45) is 1.06. The van der Waals surface area contributed by atoms with E-state index in [9.17, 15) is 9.50 Å². The van der Waals surface area contributed by atoms with E-state index in [1.807, 2.05) is 0 Å². The zero-order valence-corrected chi connectivity index (χ0v) is 15.0. The summed E-state index contributed by atoms with van der Waals surface area (Å²) in [4.78, 5) is 3.91. The number of aromatic nitrogens is 7. The highest BCUT2D eigenvalue weighted by atomic mass is 19.1. The van der Waals surface area contributed by atoms with E-state index in [-0.39, 0.29) is 22.9 Å². The average Bonchev–Trinajstić information content (AvgIpc) is 3.42. The van der Waals surface area contributed by atoms with Crippen molar-refractivity contribution in [3.05, 3.63) is 53.9 Å². The fourth-order valence-corrected chi connectivity index (χ4v) is 2.68. The second-order valence-electron chi connectivity index (χ2n) is 5.95. The smallest absolute Gasteiger partial charge is 0.238 e. The number of hydrogen-bond donors (Lipinski definition) is 1.